The van der Waals surface area contributed by atoms with E-state index < -0.39 is 0 Å². The summed E-state index contributed by atoms with van der Waals surface area (Å²) < 4.78 is 11.3. The maximum atomic E-state index is 9.10. The van der Waals surface area contributed by atoms with Gasteiger partial charge in [-0.1, -0.05) is 11.6 Å². The minimum atomic E-state index is -0.293. The van der Waals surface area contributed by atoms with E-state index >= 15 is 0 Å². The van der Waals surface area contributed by atoms with Crippen molar-refractivity contribution in [1.82, 2.24) is 4.98 Å². The Morgan fingerprint density at radius 1 is 1.50 bits per heavy atom. The number of hydrogen-bond donors (Lipinski definition) is 2. The van der Waals surface area contributed by atoms with Gasteiger partial charge in [0.25, 0.3) is 0 Å². The number of allylic oxidation sites excluding steroid dienone is 1. The summed E-state index contributed by atoms with van der Waals surface area (Å²) in [6.07, 6.45) is 2.52. The number of anilines is 1. The number of nitrogens with zero attached hydrogens (tertiary/aromatic N) is 3. The number of ether oxygens (including phenoxy) is 2. The summed E-state index contributed by atoms with van der Waals surface area (Å²) in [5.74, 6) is 0.777. The summed E-state index contributed by atoms with van der Waals surface area (Å²) >= 11 is 6.08. The summed E-state index contributed by atoms with van der Waals surface area (Å²) in [4.78, 5) is 7.99. The molecule has 1 heterocycles. The third kappa shape index (κ3) is 3.68. The third-order valence-corrected chi connectivity index (χ3v) is 4.73. The number of nitrogen functional groups attached to an aromatic ring is 1. The highest BCUT2D eigenvalue weighted by molar-refractivity contribution is 6.30. The average Bonchev–Trinajstić information content (AvgIpc) is 3.07. The number of halogens is 1. The number of benzene rings is 1. The lowest BCUT2D eigenvalue weighted by Gasteiger charge is -2.17. The fourth-order valence-electron chi connectivity index (χ4n) is 3.07. The number of aryl methyl sites for hydroxylation is 1. The van der Waals surface area contributed by atoms with Gasteiger partial charge in [-0.3, -0.25) is 10.4 Å². The fourth-order valence-corrected chi connectivity index (χ4v) is 3.25. The standard InChI is InChI=1S/C20H18ClN5O2/c1-25-10-17(27-2)18(24)14-8-13(4-5-15(14)23)28-16-6-3-11-7-12(9-22)20(21)26-19(11)16/h4-5,7-8,10,16,24H,1,3,6,23H2,2H3/b17-10-,24-18?. The van der Waals surface area contributed by atoms with E-state index in [-0.39, 0.29) is 22.7 Å². The number of aromatic nitrogens is 1. The number of nitrogens with one attached hydrogen (secondary N) is 1. The van der Waals surface area contributed by atoms with Crippen molar-refractivity contribution in [3.8, 4) is 11.8 Å². The first-order valence-electron chi connectivity index (χ1n) is 8.43. The predicted octanol–water partition coefficient (Wildman–Crippen LogP) is 3.81. The van der Waals surface area contributed by atoms with E-state index in [4.69, 9.17) is 37.5 Å². The van der Waals surface area contributed by atoms with Crippen LogP contribution < -0.4 is 10.5 Å². The highest BCUT2D eigenvalue weighted by atomic mass is 35.5. The molecule has 0 bridgehead atoms. The van der Waals surface area contributed by atoms with E-state index in [0.29, 0.717) is 29.0 Å². The molecule has 0 radical (unpaired) electrons. The molecule has 0 fully saturated rings. The van der Waals surface area contributed by atoms with Crippen LogP contribution >= 0.6 is 11.6 Å². The van der Waals surface area contributed by atoms with Crippen LogP contribution in [0.4, 0.5) is 5.69 Å². The maximum absolute atomic E-state index is 9.10. The van der Waals surface area contributed by atoms with Gasteiger partial charge in [0.15, 0.2) is 5.76 Å². The number of methoxy groups -OCH3 is 1. The normalized spacial score (nSPS) is 15.5. The van der Waals surface area contributed by atoms with Crippen LogP contribution in [0, 0.1) is 16.7 Å². The van der Waals surface area contributed by atoms with Crippen molar-refractivity contribution in [2.24, 2.45) is 4.99 Å². The molecule has 3 N–H and O–H groups in total. The van der Waals surface area contributed by atoms with Crippen LogP contribution in [0.15, 0.2) is 41.2 Å². The van der Waals surface area contributed by atoms with E-state index in [1.165, 1.54) is 13.3 Å². The van der Waals surface area contributed by atoms with Crippen molar-refractivity contribution < 1.29 is 9.47 Å². The molecule has 7 nitrogen and oxygen atoms in total. The monoisotopic (exact) mass is 395 g/mol. The molecule has 0 saturated heterocycles. The minimum absolute atomic E-state index is 0.0736. The first-order valence-corrected chi connectivity index (χ1v) is 8.81. The molecule has 0 aliphatic heterocycles. The molecule has 1 aromatic carbocycles. The number of pyridine rings is 1. The lowest BCUT2D eigenvalue weighted by atomic mass is 10.1. The molecule has 1 atom stereocenters. The lowest BCUT2D eigenvalue weighted by Crippen LogP contribution is -2.10. The van der Waals surface area contributed by atoms with E-state index in [1.807, 2.05) is 6.07 Å². The van der Waals surface area contributed by atoms with Crippen LogP contribution in [-0.2, 0) is 11.2 Å². The second kappa shape index (κ2) is 8.11. The largest absolute Gasteiger partial charge is 0.493 e. The Kier molecular flexibility index (Phi) is 5.62. The van der Waals surface area contributed by atoms with Crippen molar-refractivity contribution in [3.05, 3.63) is 63.8 Å². The maximum Gasteiger partial charge on any atom is 0.162 e. The highest BCUT2D eigenvalue weighted by Crippen LogP contribution is 2.36. The molecule has 0 amide bonds. The van der Waals surface area contributed by atoms with Gasteiger partial charge >= 0.3 is 0 Å². The number of fused-ring (bicyclic) bond motifs is 1. The van der Waals surface area contributed by atoms with Gasteiger partial charge in [-0.15, -0.1) is 0 Å². The van der Waals surface area contributed by atoms with Crippen molar-refractivity contribution in [3.63, 3.8) is 0 Å². The van der Waals surface area contributed by atoms with Crippen LogP contribution in [0.5, 0.6) is 5.75 Å². The van der Waals surface area contributed by atoms with E-state index in [0.717, 1.165) is 17.7 Å². The molecule has 8 heteroatoms. The Hall–Kier alpha value is -3.37. The smallest absolute Gasteiger partial charge is 0.162 e. The summed E-state index contributed by atoms with van der Waals surface area (Å²) in [5, 5.41) is 17.6. The topological polar surface area (TPSA) is 117 Å². The Morgan fingerprint density at radius 3 is 2.96 bits per heavy atom. The average molecular weight is 396 g/mol. The van der Waals surface area contributed by atoms with E-state index in [9.17, 15) is 0 Å². The first kappa shape index (κ1) is 19.4. The van der Waals surface area contributed by atoms with Crippen molar-refractivity contribution in [2.75, 3.05) is 12.8 Å². The zero-order valence-corrected chi connectivity index (χ0v) is 16.0. The molecule has 0 saturated carbocycles. The summed E-state index contributed by atoms with van der Waals surface area (Å²) in [5.41, 5.74) is 9.02. The molecular formula is C20H18ClN5O2. The van der Waals surface area contributed by atoms with Crippen LogP contribution in [0.2, 0.25) is 5.15 Å². The van der Waals surface area contributed by atoms with Crippen LogP contribution in [0.3, 0.4) is 0 Å². The molecule has 2 aromatic rings. The van der Waals surface area contributed by atoms with Gasteiger partial charge < -0.3 is 15.2 Å². The second-order valence-corrected chi connectivity index (χ2v) is 6.49. The van der Waals surface area contributed by atoms with Gasteiger partial charge in [0.1, 0.15) is 28.8 Å². The van der Waals surface area contributed by atoms with Gasteiger partial charge in [-0.2, -0.15) is 5.26 Å². The van der Waals surface area contributed by atoms with E-state index in [1.54, 1.807) is 24.3 Å². The van der Waals surface area contributed by atoms with Gasteiger partial charge in [-0.25, -0.2) is 4.98 Å². The zero-order chi connectivity index (χ0) is 20.3. The van der Waals surface area contributed by atoms with Crippen LogP contribution in [-0.4, -0.2) is 24.5 Å². The number of rotatable bonds is 6. The zero-order valence-electron chi connectivity index (χ0n) is 15.2. The fraction of sp³-hybridized carbons (Fsp3) is 0.200. The van der Waals surface area contributed by atoms with Crippen LogP contribution in [0.25, 0.3) is 0 Å². The summed E-state index contributed by atoms with van der Waals surface area (Å²) in [6, 6.07) is 8.88. The molecule has 1 aliphatic carbocycles. The molecule has 142 valence electrons. The SMILES string of the molecule is C=N/C=C(\OC)C(=N)c1cc(OC2CCc3cc(C#N)c(Cl)nc32)ccc1N. The Morgan fingerprint density at radius 2 is 2.29 bits per heavy atom. The van der Waals surface area contributed by atoms with Gasteiger partial charge in [0, 0.05) is 11.3 Å². The minimum Gasteiger partial charge on any atom is -0.493 e. The summed E-state index contributed by atoms with van der Waals surface area (Å²) in [6.45, 7) is 3.38. The molecule has 1 aromatic heterocycles. The quantitative estimate of drug-likeness (QED) is 0.333. The number of hydrogen-bond acceptors (Lipinski definition) is 7. The van der Waals surface area contributed by atoms with Gasteiger partial charge in [0.05, 0.1) is 24.6 Å². The molecule has 3 rings (SSSR count). The number of aliphatic imine (C=N–C) groups is 1. The highest BCUT2D eigenvalue weighted by Gasteiger charge is 2.28. The first-order chi connectivity index (χ1) is 13.5. The Labute approximate surface area is 167 Å². The molecule has 1 aliphatic rings. The van der Waals surface area contributed by atoms with Crippen LogP contribution in [0.1, 0.15) is 34.9 Å². The Balaban J connectivity index is 1.89. The van der Waals surface area contributed by atoms with Crippen molar-refractivity contribution in [2.45, 2.75) is 18.9 Å². The molecule has 0 spiro atoms. The second-order valence-electron chi connectivity index (χ2n) is 6.13. The predicted molar refractivity (Wildman–Crippen MR) is 108 cm³/mol. The van der Waals surface area contributed by atoms with Gasteiger partial charge in [-0.05, 0) is 49.4 Å². The number of nitriles is 1. The molecule has 28 heavy (non-hydrogen) atoms. The molecular weight excluding hydrogens is 378 g/mol. The Bertz CT molecular complexity index is 1030. The van der Waals surface area contributed by atoms with E-state index in [2.05, 4.69) is 16.7 Å². The number of nitrogens with two attached hydrogens (primary N) is 1. The van der Waals surface area contributed by atoms with Crippen molar-refractivity contribution >= 4 is 29.7 Å². The third-order valence-electron chi connectivity index (χ3n) is 4.44. The van der Waals surface area contributed by atoms with Crippen molar-refractivity contribution in [1.29, 1.82) is 10.7 Å². The molecule has 1 unspecified atom stereocenters. The summed E-state index contributed by atoms with van der Waals surface area (Å²) in [7, 11) is 1.45. The lowest BCUT2D eigenvalue weighted by molar-refractivity contribution is 0.203. The van der Waals surface area contributed by atoms with Gasteiger partial charge in [0.2, 0.25) is 0 Å².